The first-order valence-electron chi connectivity index (χ1n) is 9.69. The first-order valence-corrected chi connectivity index (χ1v) is 10.1. The molecular weight excluding hydrogens is 372 g/mol. The Morgan fingerprint density at radius 2 is 1.82 bits per heavy atom. The van der Waals surface area contributed by atoms with E-state index in [0.717, 1.165) is 17.1 Å². The molecule has 1 fully saturated rings. The minimum atomic E-state index is -0.190. The molecule has 5 nitrogen and oxygen atoms in total. The molecule has 1 amide bonds. The van der Waals surface area contributed by atoms with Crippen LogP contribution in [0.4, 0.5) is 5.69 Å². The van der Waals surface area contributed by atoms with Crippen molar-refractivity contribution in [3.8, 4) is 5.69 Å². The third kappa shape index (κ3) is 3.94. The molecular formula is C22H23ClN4O. The summed E-state index contributed by atoms with van der Waals surface area (Å²) in [7, 11) is 0. The van der Waals surface area contributed by atoms with Gasteiger partial charge in [0.25, 0.3) is 5.91 Å². The molecule has 0 spiro atoms. The van der Waals surface area contributed by atoms with Crippen molar-refractivity contribution in [2.75, 3.05) is 5.32 Å². The highest BCUT2D eigenvalue weighted by Crippen LogP contribution is 2.31. The molecule has 2 aromatic heterocycles. The minimum absolute atomic E-state index is 0.190. The van der Waals surface area contributed by atoms with Crippen LogP contribution in [0.3, 0.4) is 0 Å². The van der Waals surface area contributed by atoms with E-state index in [9.17, 15) is 4.79 Å². The summed E-state index contributed by atoms with van der Waals surface area (Å²) in [5, 5.41) is 7.94. The molecule has 0 unspecified atom stereocenters. The number of hydrogen-bond donors (Lipinski definition) is 1. The Morgan fingerprint density at radius 3 is 2.50 bits per heavy atom. The number of nitrogens with one attached hydrogen (secondary N) is 1. The summed E-state index contributed by atoms with van der Waals surface area (Å²) in [4.78, 5) is 17.3. The maximum absolute atomic E-state index is 12.7. The van der Waals surface area contributed by atoms with Crippen LogP contribution < -0.4 is 5.32 Å². The van der Waals surface area contributed by atoms with Gasteiger partial charge in [0.05, 0.1) is 35.0 Å². The third-order valence-corrected chi connectivity index (χ3v) is 5.65. The average molecular weight is 395 g/mol. The lowest BCUT2D eigenvalue weighted by atomic mass is 9.87. The molecule has 1 aliphatic rings. The highest BCUT2D eigenvalue weighted by molar-refractivity contribution is 6.30. The standard InChI is InChI=1S/C22H23ClN4O/c1-15-20(14-25-27(15)19-10-7-17(23)8-11-19)22(28)26-18-9-12-21(24-13-18)16-5-3-2-4-6-16/h7-14,16H,2-6H2,1H3,(H,26,28). The molecule has 4 rings (SSSR count). The van der Waals surface area contributed by atoms with Gasteiger partial charge in [0, 0.05) is 16.6 Å². The summed E-state index contributed by atoms with van der Waals surface area (Å²) in [6.45, 7) is 1.88. The van der Waals surface area contributed by atoms with Crippen LogP contribution in [-0.4, -0.2) is 20.7 Å². The molecule has 3 aromatic rings. The van der Waals surface area contributed by atoms with Gasteiger partial charge in [0.2, 0.25) is 0 Å². The number of aromatic nitrogens is 3. The van der Waals surface area contributed by atoms with E-state index in [-0.39, 0.29) is 5.91 Å². The lowest BCUT2D eigenvalue weighted by molar-refractivity contribution is 0.102. The van der Waals surface area contributed by atoms with Gasteiger partial charge in [0.15, 0.2) is 0 Å². The summed E-state index contributed by atoms with van der Waals surface area (Å²) < 4.78 is 1.73. The van der Waals surface area contributed by atoms with Gasteiger partial charge in [-0.3, -0.25) is 9.78 Å². The summed E-state index contributed by atoms with van der Waals surface area (Å²) >= 11 is 5.95. The van der Waals surface area contributed by atoms with Gasteiger partial charge in [-0.25, -0.2) is 4.68 Å². The van der Waals surface area contributed by atoms with E-state index < -0.39 is 0 Å². The van der Waals surface area contributed by atoms with Gasteiger partial charge in [-0.15, -0.1) is 0 Å². The van der Waals surface area contributed by atoms with Crippen LogP contribution in [0, 0.1) is 6.92 Å². The lowest BCUT2D eigenvalue weighted by Crippen LogP contribution is -2.14. The van der Waals surface area contributed by atoms with Crippen molar-refractivity contribution in [1.29, 1.82) is 0 Å². The molecule has 1 aromatic carbocycles. The Kier molecular flexibility index (Phi) is 5.44. The normalized spacial score (nSPS) is 14.8. The molecule has 28 heavy (non-hydrogen) atoms. The van der Waals surface area contributed by atoms with E-state index in [1.54, 1.807) is 29.2 Å². The second-order valence-electron chi connectivity index (χ2n) is 7.29. The van der Waals surface area contributed by atoms with E-state index in [1.807, 2.05) is 31.2 Å². The van der Waals surface area contributed by atoms with Gasteiger partial charge in [-0.05, 0) is 56.2 Å². The minimum Gasteiger partial charge on any atom is -0.320 e. The predicted molar refractivity (Wildman–Crippen MR) is 111 cm³/mol. The van der Waals surface area contributed by atoms with Crippen molar-refractivity contribution in [1.82, 2.24) is 14.8 Å². The number of anilines is 1. The van der Waals surface area contributed by atoms with E-state index in [0.29, 0.717) is 22.2 Å². The molecule has 0 aliphatic heterocycles. The third-order valence-electron chi connectivity index (χ3n) is 5.39. The number of amides is 1. The molecule has 0 atom stereocenters. The lowest BCUT2D eigenvalue weighted by Gasteiger charge is -2.21. The predicted octanol–water partition coefficient (Wildman–Crippen LogP) is 5.53. The van der Waals surface area contributed by atoms with Crippen molar-refractivity contribution < 1.29 is 4.79 Å². The molecule has 0 bridgehead atoms. The zero-order chi connectivity index (χ0) is 19.5. The molecule has 1 aliphatic carbocycles. The maximum atomic E-state index is 12.7. The van der Waals surface area contributed by atoms with Crippen LogP contribution >= 0.6 is 11.6 Å². The molecule has 1 N–H and O–H groups in total. The van der Waals surface area contributed by atoms with Gasteiger partial charge < -0.3 is 5.32 Å². The quantitative estimate of drug-likeness (QED) is 0.632. The number of carbonyl (C=O) groups excluding carboxylic acids is 1. The first kappa shape index (κ1) is 18.7. The fourth-order valence-corrected chi connectivity index (χ4v) is 3.92. The number of nitrogens with zero attached hydrogens (tertiary/aromatic N) is 3. The van der Waals surface area contributed by atoms with Crippen molar-refractivity contribution in [2.45, 2.75) is 44.9 Å². The molecule has 6 heteroatoms. The Morgan fingerprint density at radius 1 is 1.07 bits per heavy atom. The topological polar surface area (TPSA) is 59.8 Å². The second kappa shape index (κ2) is 8.15. The number of rotatable bonds is 4. The highest BCUT2D eigenvalue weighted by atomic mass is 35.5. The van der Waals surface area contributed by atoms with Gasteiger partial charge in [-0.2, -0.15) is 5.10 Å². The van der Waals surface area contributed by atoms with Crippen LogP contribution in [0.1, 0.15) is 59.8 Å². The highest BCUT2D eigenvalue weighted by Gasteiger charge is 2.18. The van der Waals surface area contributed by atoms with E-state index in [1.165, 1.54) is 32.1 Å². The average Bonchev–Trinajstić information content (AvgIpc) is 3.11. The molecule has 0 saturated heterocycles. The van der Waals surface area contributed by atoms with Gasteiger partial charge >= 0.3 is 0 Å². The SMILES string of the molecule is Cc1c(C(=O)Nc2ccc(C3CCCCC3)nc2)cnn1-c1ccc(Cl)cc1. The van der Waals surface area contributed by atoms with Crippen LogP contribution in [0.25, 0.3) is 5.69 Å². The monoisotopic (exact) mass is 394 g/mol. The van der Waals surface area contributed by atoms with Crippen LogP contribution in [-0.2, 0) is 0 Å². The number of benzene rings is 1. The summed E-state index contributed by atoms with van der Waals surface area (Å²) in [6.07, 6.45) is 9.64. The summed E-state index contributed by atoms with van der Waals surface area (Å²) in [5.74, 6) is 0.364. The Hall–Kier alpha value is -2.66. The second-order valence-corrected chi connectivity index (χ2v) is 7.73. The Bertz CT molecular complexity index is 957. The largest absolute Gasteiger partial charge is 0.320 e. The number of halogens is 1. The molecule has 0 radical (unpaired) electrons. The summed E-state index contributed by atoms with van der Waals surface area (Å²) in [6, 6.07) is 11.3. The van der Waals surface area contributed by atoms with Crippen molar-refractivity contribution in [2.24, 2.45) is 0 Å². The van der Waals surface area contributed by atoms with Crippen molar-refractivity contribution >= 4 is 23.2 Å². The zero-order valence-corrected chi connectivity index (χ0v) is 16.6. The Balaban J connectivity index is 1.47. The molecule has 1 saturated carbocycles. The first-order chi connectivity index (χ1) is 13.6. The van der Waals surface area contributed by atoms with E-state index in [2.05, 4.69) is 15.4 Å². The fraction of sp³-hybridized carbons (Fsp3) is 0.318. The van der Waals surface area contributed by atoms with Gasteiger partial charge in [0.1, 0.15) is 0 Å². The molecule has 144 valence electrons. The van der Waals surface area contributed by atoms with Crippen molar-refractivity contribution in [3.05, 3.63) is 70.8 Å². The number of carbonyl (C=O) groups is 1. The Labute approximate surface area is 169 Å². The van der Waals surface area contributed by atoms with Gasteiger partial charge in [-0.1, -0.05) is 30.9 Å². The van der Waals surface area contributed by atoms with E-state index >= 15 is 0 Å². The zero-order valence-electron chi connectivity index (χ0n) is 15.9. The summed E-state index contributed by atoms with van der Waals surface area (Å²) in [5.41, 5.74) is 3.99. The number of hydrogen-bond acceptors (Lipinski definition) is 3. The number of pyridine rings is 1. The van der Waals surface area contributed by atoms with Crippen LogP contribution in [0.15, 0.2) is 48.8 Å². The maximum Gasteiger partial charge on any atom is 0.259 e. The van der Waals surface area contributed by atoms with Crippen molar-refractivity contribution in [3.63, 3.8) is 0 Å². The van der Waals surface area contributed by atoms with Crippen LogP contribution in [0.5, 0.6) is 0 Å². The van der Waals surface area contributed by atoms with Crippen LogP contribution in [0.2, 0.25) is 5.02 Å². The smallest absolute Gasteiger partial charge is 0.259 e. The molecule has 2 heterocycles. The van der Waals surface area contributed by atoms with E-state index in [4.69, 9.17) is 11.6 Å². The fourth-order valence-electron chi connectivity index (χ4n) is 3.79.